The Hall–Kier alpha value is -3.94. The third kappa shape index (κ3) is 3.23. The van der Waals surface area contributed by atoms with Gasteiger partial charge in [0.1, 0.15) is 0 Å². The number of nitrogens with one attached hydrogen (secondary N) is 1. The Morgan fingerprint density at radius 2 is 1.89 bits per heavy atom. The highest BCUT2D eigenvalue weighted by atomic mass is 16.6. The van der Waals surface area contributed by atoms with Crippen molar-refractivity contribution >= 4 is 28.9 Å². The second-order valence-corrected chi connectivity index (χ2v) is 6.29. The number of carbonyl (C=O) groups is 2. The van der Waals surface area contributed by atoms with Crippen LogP contribution in [-0.4, -0.2) is 23.3 Å². The Morgan fingerprint density at radius 1 is 1.11 bits per heavy atom. The van der Waals surface area contributed by atoms with Crippen LogP contribution in [0.25, 0.3) is 0 Å². The van der Waals surface area contributed by atoms with Gasteiger partial charge < -0.3 is 14.6 Å². The van der Waals surface area contributed by atoms with E-state index >= 15 is 0 Å². The second-order valence-electron chi connectivity index (χ2n) is 6.29. The monoisotopic (exact) mass is 377 g/mol. The molecule has 0 fully saturated rings. The summed E-state index contributed by atoms with van der Waals surface area (Å²) in [5.41, 5.74) is 2.48. The summed E-state index contributed by atoms with van der Waals surface area (Å²) in [5, 5.41) is 13.5. The molecule has 0 atom stereocenters. The standard InChI is InChI=1S/C20H15N3O5/c24-19(14-4-7-16(8-5-14)23(26)27)21-15-6-3-13-9-10-22(17(13)12-15)20(25)18-2-1-11-28-18/h1-8,11-12H,9-10H2,(H,21,24). The predicted octanol–water partition coefficient (Wildman–Crippen LogP) is 3.64. The number of non-ortho nitro benzene ring substituents is 1. The molecule has 3 aromatic rings. The van der Waals surface area contributed by atoms with E-state index in [9.17, 15) is 19.7 Å². The van der Waals surface area contributed by atoms with Gasteiger partial charge in [-0.1, -0.05) is 6.07 Å². The van der Waals surface area contributed by atoms with Crippen LogP contribution in [0.2, 0.25) is 0 Å². The lowest BCUT2D eigenvalue weighted by molar-refractivity contribution is -0.384. The lowest BCUT2D eigenvalue weighted by Crippen LogP contribution is -2.28. The summed E-state index contributed by atoms with van der Waals surface area (Å²) >= 11 is 0. The predicted molar refractivity (Wildman–Crippen MR) is 102 cm³/mol. The molecule has 1 aromatic heterocycles. The average molecular weight is 377 g/mol. The van der Waals surface area contributed by atoms with Crippen molar-refractivity contribution in [2.45, 2.75) is 6.42 Å². The summed E-state index contributed by atoms with van der Waals surface area (Å²) in [6, 6.07) is 14.0. The van der Waals surface area contributed by atoms with Gasteiger partial charge in [0, 0.05) is 35.6 Å². The van der Waals surface area contributed by atoms with Gasteiger partial charge in [0.15, 0.2) is 5.76 Å². The van der Waals surface area contributed by atoms with Crippen LogP contribution in [-0.2, 0) is 6.42 Å². The SMILES string of the molecule is O=C(Nc1ccc2c(c1)N(C(=O)c1ccco1)CC2)c1ccc([N+](=O)[O-])cc1. The van der Waals surface area contributed by atoms with E-state index < -0.39 is 10.8 Å². The third-order valence-corrected chi connectivity index (χ3v) is 4.56. The van der Waals surface area contributed by atoms with E-state index in [1.807, 2.05) is 6.07 Å². The number of furan rings is 1. The molecule has 0 unspecified atom stereocenters. The molecular formula is C20H15N3O5. The number of rotatable bonds is 4. The Bertz CT molecular complexity index is 1060. The number of fused-ring (bicyclic) bond motifs is 1. The molecule has 4 rings (SSSR count). The molecule has 2 heterocycles. The van der Waals surface area contributed by atoms with Crippen molar-refractivity contribution < 1.29 is 18.9 Å². The molecule has 0 bridgehead atoms. The first-order chi connectivity index (χ1) is 13.5. The zero-order valence-corrected chi connectivity index (χ0v) is 14.6. The van der Waals surface area contributed by atoms with Crippen molar-refractivity contribution in [3.8, 4) is 0 Å². The molecule has 8 nitrogen and oxygen atoms in total. The van der Waals surface area contributed by atoms with E-state index in [4.69, 9.17) is 4.42 Å². The zero-order chi connectivity index (χ0) is 19.7. The molecule has 0 saturated carbocycles. The molecule has 1 aliphatic rings. The first-order valence-corrected chi connectivity index (χ1v) is 8.57. The van der Waals surface area contributed by atoms with Crippen LogP contribution in [0.4, 0.5) is 17.1 Å². The van der Waals surface area contributed by atoms with Crippen LogP contribution < -0.4 is 10.2 Å². The number of nitrogens with zero attached hydrogens (tertiary/aromatic N) is 2. The van der Waals surface area contributed by atoms with Gasteiger partial charge in [-0.05, 0) is 48.4 Å². The molecular weight excluding hydrogens is 362 g/mol. The number of nitro groups is 1. The first kappa shape index (κ1) is 17.5. The highest BCUT2D eigenvalue weighted by molar-refractivity contribution is 6.07. The fourth-order valence-electron chi connectivity index (χ4n) is 3.14. The molecule has 8 heteroatoms. The van der Waals surface area contributed by atoms with Crippen molar-refractivity contribution in [3.05, 3.63) is 87.9 Å². The summed E-state index contributed by atoms with van der Waals surface area (Å²) in [7, 11) is 0. The summed E-state index contributed by atoms with van der Waals surface area (Å²) in [5.74, 6) is -0.368. The number of amides is 2. The van der Waals surface area contributed by atoms with Crippen LogP contribution in [0.1, 0.15) is 26.5 Å². The van der Waals surface area contributed by atoms with Crippen molar-refractivity contribution in [1.29, 1.82) is 0 Å². The molecule has 0 spiro atoms. The molecule has 0 saturated heterocycles. The van der Waals surface area contributed by atoms with Gasteiger partial charge in [0.05, 0.1) is 11.2 Å². The number of nitro benzene ring substituents is 1. The largest absolute Gasteiger partial charge is 0.459 e. The molecule has 0 aliphatic carbocycles. The summed E-state index contributed by atoms with van der Waals surface area (Å²) < 4.78 is 5.19. The molecule has 140 valence electrons. The van der Waals surface area contributed by atoms with E-state index in [-0.39, 0.29) is 17.4 Å². The number of hydrogen-bond donors (Lipinski definition) is 1. The van der Waals surface area contributed by atoms with E-state index in [2.05, 4.69) is 5.32 Å². The van der Waals surface area contributed by atoms with Gasteiger partial charge in [-0.25, -0.2) is 0 Å². The fraction of sp³-hybridized carbons (Fsp3) is 0.100. The lowest BCUT2D eigenvalue weighted by Gasteiger charge is -2.17. The highest BCUT2D eigenvalue weighted by Gasteiger charge is 2.27. The summed E-state index contributed by atoms with van der Waals surface area (Å²) in [4.78, 5) is 36.8. The van der Waals surface area contributed by atoms with E-state index in [0.29, 0.717) is 17.8 Å². The Balaban J connectivity index is 1.54. The van der Waals surface area contributed by atoms with E-state index in [0.717, 1.165) is 17.7 Å². The summed E-state index contributed by atoms with van der Waals surface area (Å²) in [6.45, 7) is 0.536. The van der Waals surface area contributed by atoms with Gasteiger partial charge >= 0.3 is 0 Å². The van der Waals surface area contributed by atoms with Gasteiger partial charge in [-0.3, -0.25) is 19.7 Å². The van der Waals surface area contributed by atoms with Crippen LogP contribution >= 0.6 is 0 Å². The lowest BCUT2D eigenvalue weighted by atomic mass is 10.1. The number of benzene rings is 2. The molecule has 0 radical (unpaired) electrons. The first-order valence-electron chi connectivity index (χ1n) is 8.57. The maximum atomic E-state index is 12.6. The molecule has 1 aliphatic heterocycles. The Kier molecular flexibility index (Phi) is 4.36. The highest BCUT2D eigenvalue weighted by Crippen LogP contribution is 2.32. The maximum absolute atomic E-state index is 12.6. The minimum atomic E-state index is -0.521. The third-order valence-electron chi connectivity index (χ3n) is 4.56. The van der Waals surface area contributed by atoms with Gasteiger partial charge in [0.2, 0.25) is 0 Å². The van der Waals surface area contributed by atoms with Gasteiger partial charge in [0.25, 0.3) is 17.5 Å². The minimum Gasteiger partial charge on any atom is -0.459 e. The van der Waals surface area contributed by atoms with Gasteiger partial charge in [-0.2, -0.15) is 0 Å². The van der Waals surface area contributed by atoms with Crippen LogP contribution in [0.3, 0.4) is 0 Å². The van der Waals surface area contributed by atoms with Crippen molar-refractivity contribution in [1.82, 2.24) is 0 Å². The van der Waals surface area contributed by atoms with Crippen molar-refractivity contribution in [3.63, 3.8) is 0 Å². The summed E-state index contributed by atoms with van der Waals surface area (Å²) in [6.07, 6.45) is 2.17. The fourth-order valence-corrected chi connectivity index (χ4v) is 3.14. The van der Waals surface area contributed by atoms with Gasteiger partial charge in [-0.15, -0.1) is 0 Å². The van der Waals surface area contributed by atoms with Crippen LogP contribution in [0.15, 0.2) is 65.3 Å². The topological polar surface area (TPSA) is 106 Å². The number of hydrogen-bond acceptors (Lipinski definition) is 5. The molecule has 2 aromatic carbocycles. The maximum Gasteiger partial charge on any atom is 0.293 e. The Morgan fingerprint density at radius 3 is 2.57 bits per heavy atom. The molecule has 1 N–H and O–H groups in total. The van der Waals surface area contributed by atoms with Crippen molar-refractivity contribution in [2.75, 3.05) is 16.8 Å². The van der Waals surface area contributed by atoms with Crippen molar-refractivity contribution in [2.24, 2.45) is 0 Å². The minimum absolute atomic E-state index is 0.0823. The quantitative estimate of drug-likeness (QED) is 0.552. The van der Waals surface area contributed by atoms with E-state index in [1.54, 1.807) is 29.2 Å². The zero-order valence-electron chi connectivity index (χ0n) is 14.6. The second kappa shape index (κ2) is 6.99. The Labute approximate surface area is 159 Å². The number of carbonyl (C=O) groups excluding carboxylic acids is 2. The number of anilines is 2. The van der Waals surface area contributed by atoms with Crippen LogP contribution in [0.5, 0.6) is 0 Å². The normalized spacial score (nSPS) is 12.5. The van der Waals surface area contributed by atoms with Crippen LogP contribution in [0, 0.1) is 10.1 Å². The molecule has 28 heavy (non-hydrogen) atoms. The smallest absolute Gasteiger partial charge is 0.293 e. The van der Waals surface area contributed by atoms with E-state index in [1.165, 1.54) is 30.5 Å². The average Bonchev–Trinajstić information content (AvgIpc) is 3.37. The molecule has 2 amide bonds.